The molecule has 3 rings (SSSR count). The van der Waals surface area contributed by atoms with Crippen LogP contribution in [0.4, 0.5) is 5.69 Å². The number of benzene rings is 1. The number of carbonyl (C=O) groups is 1. The van der Waals surface area contributed by atoms with E-state index in [-0.39, 0.29) is 5.91 Å². The van der Waals surface area contributed by atoms with Crippen molar-refractivity contribution in [3.05, 3.63) is 66.1 Å². The average molecular weight is 288 g/mol. The zero-order valence-corrected chi connectivity index (χ0v) is 11.9. The molecule has 0 aliphatic rings. The SMILES string of the molecule is CN(C(=O)c1ccncc1)c1cc(C#N)c2ncccc2c1. The number of hydrogen-bond acceptors (Lipinski definition) is 4. The molecule has 0 saturated carbocycles. The highest BCUT2D eigenvalue weighted by atomic mass is 16.2. The van der Waals surface area contributed by atoms with E-state index in [1.807, 2.05) is 12.1 Å². The Morgan fingerprint density at radius 1 is 1.18 bits per heavy atom. The van der Waals surface area contributed by atoms with Gasteiger partial charge in [0.15, 0.2) is 0 Å². The molecular weight excluding hydrogens is 276 g/mol. The molecule has 0 spiro atoms. The maximum Gasteiger partial charge on any atom is 0.258 e. The van der Waals surface area contributed by atoms with Crippen LogP contribution in [-0.4, -0.2) is 22.9 Å². The van der Waals surface area contributed by atoms with E-state index in [9.17, 15) is 10.1 Å². The van der Waals surface area contributed by atoms with E-state index in [4.69, 9.17) is 0 Å². The van der Waals surface area contributed by atoms with Gasteiger partial charge in [-0.3, -0.25) is 14.8 Å². The van der Waals surface area contributed by atoms with Crippen LogP contribution in [0, 0.1) is 11.3 Å². The van der Waals surface area contributed by atoms with E-state index in [1.165, 1.54) is 4.90 Å². The second kappa shape index (κ2) is 5.62. The van der Waals surface area contributed by atoms with Crippen LogP contribution in [0.1, 0.15) is 15.9 Å². The van der Waals surface area contributed by atoms with Crippen molar-refractivity contribution in [1.82, 2.24) is 9.97 Å². The van der Waals surface area contributed by atoms with Crippen molar-refractivity contribution in [3.8, 4) is 6.07 Å². The third-order valence-corrected chi connectivity index (χ3v) is 3.43. The highest BCUT2D eigenvalue weighted by molar-refractivity contribution is 6.06. The summed E-state index contributed by atoms with van der Waals surface area (Å²) >= 11 is 0. The number of fused-ring (bicyclic) bond motifs is 1. The summed E-state index contributed by atoms with van der Waals surface area (Å²) in [7, 11) is 1.68. The minimum Gasteiger partial charge on any atom is -0.311 e. The minimum atomic E-state index is -0.158. The molecular formula is C17H12N4O. The van der Waals surface area contributed by atoms with Crippen molar-refractivity contribution in [3.63, 3.8) is 0 Å². The van der Waals surface area contributed by atoms with Gasteiger partial charge in [0.2, 0.25) is 0 Å². The summed E-state index contributed by atoms with van der Waals surface area (Å²) in [5, 5.41) is 10.1. The zero-order chi connectivity index (χ0) is 15.5. The van der Waals surface area contributed by atoms with Gasteiger partial charge in [-0.05, 0) is 30.3 Å². The van der Waals surface area contributed by atoms with Crippen LogP contribution in [0.25, 0.3) is 10.9 Å². The van der Waals surface area contributed by atoms with Crippen molar-refractivity contribution in [2.45, 2.75) is 0 Å². The number of pyridine rings is 2. The van der Waals surface area contributed by atoms with Crippen LogP contribution in [-0.2, 0) is 0 Å². The Labute approximate surface area is 127 Å². The van der Waals surface area contributed by atoms with E-state index in [0.717, 1.165) is 5.39 Å². The summed E-state index contributed by atoms with van der Waals surface area (Å²) in [6.45, 7) is 0. The van der Waals surface area contributed by atoms with E-state index < -0.39 is 0 Å². The third-order valence-electron chi connectivity index (χ3n) is 3.43. The molecule has 0 aliphatic heterocycles. The number of anilines is 1. The van der Waals surface area contributed by atoms with Crippen molar-refractivity contribution < 1.29 is 4.79 Å². The molecule has 0 atom stereocenters. The Balaban J connectivity index is 2.07. The third kappa shape index (κ3) is 2.38. The predicted octanol–water partition coefficient (Wildman–Crippen LogP) is 2.78. The first-order chi connectivity index (χ1) is 10.7. The Hall–Kier alpha value is -3.26. The minimum absolute atomic E-state index is 0.158. The summed E-state index contributed by atoms with van der Waals surface area (Å²) in [6.07, 6.45) is 4.80. The fraction of sp³-hybridized carbons (Fsp3) is 0.0588. The lowest BCUT2D eigenvalue weighted by Crippen LogP contribution is -2.26. The number of nitriles is 1. The summed E-state index contributed by atoms with van der Waals surface area (Å²) in [5.41, 5.74) is 2.28. The fourth-order valence-corrected chi connectivity index (χ4v) is 2.26. The van der Waals surface area contributed by atoms with Gasteiger partial charge in [0.25, 0.3) is 5.91 Å². The van der Waals surface area contributed by atoms with Crippen molar-refractivity contribution in [1.29, 1.82) is 5.26 Å². The number of rotatable bonds is 2. The molecule has 2 heterocycles. The second-order valence-corrected chi connectivity index (χ2v) is 4.78. The Morgan fingerprint density at radius 3 is 2.68 bits per heavy atom. The van der Waals surface area contributed by atoms with Gasteiger partial charge in [0.05, 0.1) is 11.1 Å². The molecule has 0 unspecified atom stereocenters. The van der Waals surface area contributed by atoms with Crippen LogP contribution in [0.2, 0.25) is 0 Å². The summed E-state index contributed by atoms with van der Waals surface area (Å²) in [4.78, 5) is 22.1. The highest BCUT2D eigenvalue weighted by Crippen LogP contribution is 2.24. The summed E-state index contributed by atoms with van der Waals surface area (Å²) < 4.78 is 0. The standard InChI is InChI=1S/C17H12N4O/c1-21(17(22)12-4-7-19-8-5-12)15-9-13-3-2-6-20-16(13)14(10-15)11-18/h2-10H,1H3. The molecule has 5 heteroatoms. The van der Waals surface area contributed by atoms with Gasteiger partial charge in [-0.25, -0.2) is 0 Å². The molecule has 2 aromatic heterocycles. The molecule has 5 nitrogen and oxygen atoms in total. The number of carbonyl (C=O) groups excluding carboxylic acids is 1. The maximum atomic E-state index is 12.5. The Bertz CT molecular complexity index is 884. The maximum absolute atomic E-state index is 12.5. The first-order valence-electron chi connectivity index (χ1n) is 6.67. The van der Waals surface area contributed by atoms with E-state index in [2.05, 4.69) is 16.0 Å². The molecule has 106 valence electrons. The quantitative estimate of drug-likeness (QED) is 0.727. The number of hydrogen-bond donors (Lipinski definition) is 0. The smallest absolute Gasteiger partial charge is 0.258 e. The summed E-state index contributed by atoms with van der Waals surface area (Å²) in [5.74, 6) is -0.158. The van der Waals surface area contributed by atoms with Crippen molar-refractivity contribution in [2.75, 3.05) is 11.9 Å². The first kappa shape index (κ1) is 13.7. The van der Waals surface area contributed by atoms with Crippen molar-refractivity contribution >= 4 is 22.5 Å². The van der Waals surface area contributed by atoms with Crippen LogP contribution < -0.4 is 4.90 Å². The lowest BCUT2D eigenvalue weighted by atomic mass is 10.1. The Morgan fingerprint density at radius 2 is 1.95 bits per heavy atom. The molecule has 1 aromatic carbocycles. The fourth-order valence-electron chi connectivity index (χ4n) is 2.26. The number of nitrogens with zero attached hydrogens (tertiary/aromatic N) is 4. The van der Waals surface area contributed by atoms with E-state index in [1.54, 1.807) is 49.9 Å². The molecule has 0 bridgehead atoms. The normalized spacial score (nSPS) is 10.2. The molecule has 0 N–H and O–H groups in total. The van der Waals surface area contributed by atoms with Gasteiger partial charge in [0.1, 0.15) is 6.07 Å². The van der Waals surface area contributed by atoms with Gasteiger partial charge in [-0.1, -0.05) is 6.07 Å². The first-order valence-corrected chi connectivity index (χ1v) is 6.67. The summed E-state index contributed by atoms with van der Waals surface area (Å²) in [6, 6.07) is 12.7. The lowest BCUT2D eigenvalue weighted by molar-refractivity contribution is 0.0993. The van der Waals surface area contributed by atoms with Gasteiger partial charge in [0, 0.05) is 42.3 Å². The zero-order valence-electron chi connectivity index (χ0n) is 11.9. The number of aromatic nitrogens is 2. The molecule has 0 saturated heterocycles. The van der Waals surface area contributed by atoms with Crippen LogP contribution in [0.15, 0.2) is 55.0 Å². The van der Waals surface area contributed by atoms with Gasteiger partial charge in [-0.15, -0.1) is 0 Å². The molecule has 3 aromatic rings. The molecule has 0 fully saturated rings. The van der Waals surface area contributed by atoms with Gasteiger partial charge < -0.3 is 4.90 Å². The largest absolute Gasteiger partial charge is 0.311 e. The average Bonchev–Trinajstić information content (AvgIpc) is 2.60. The van der Waals surface area contributed by atoms with E-state index in [0.29, 0.717) is 22.3 Å². The molecule has 1 amide bonds. The topological polar surface area (TPSA) is 69.9 Å². The van der Waals surface area contributed by atoms with Gasteiger partial charge >= 0.3 is 0 Å². The van der Waals surface area contributed by atoms with Gasteiger partial charge in [-0.2, -0.15) is 5.26 Å². The van der Waals surface area contributed by atoms with E-state index >= 15 is 0 Å². The predicted molar refractivity (Wildman–Crippen MR) is 83.4 cm³/mol. The number of amides is 1. The van der Waals surface area contributed by atoms with Crippen LogP contribution in [0.3, 0.4) is 0 Å². The van der Waals surface area contributed by atoms with Crippen molar-refractivity contribution in [2.24, 2.45) is 0 Å². The van der Waals surface area contributed by atoms with Crippen LogP contribution in [0.5, 0.6) is 0 Å². The highest BCUT2D eigenvalue weighted by Gasteiger charge is 2.15. The lowest BCUT2D eigenvalue weighted by Gasteiger charge is -2.18. The van der Waals surface area contributed by atoms with Crippen LogP contribution >= 0.6 is 0 Å². The molecule has 22 heavy (non-hydrogen) atoms. The second-order valence-electron chi connectivity index (χ2n) is 4.78. The Kier molecular flexibility index (Phi) is 3.50. The molecule has 0 aliphatic carbocycles. The monoisotopic (exact) mass is 288 g/mol. The molecule has 0 radical (unpaired) electrons.